The van der Waals surface area contributed by atoms with Gasteiger partial charge in [-0.2, -0.15) is 0 Å². The van der Waals surface area contributed by atoms with Crippen molar-refractivity contribution in [3.8, 4) is 0 Å². The van der Waals surface area contributed by atoms with Crippen molar-refractivity contribution in [3.63, 3.8) is 0 Å². The van der Waals surface area contributed by atoms with Gasteiger partial charge in [-0.1, -0.05) is 67.9 Å². The minimum absolute atomic E-state index is 0.116. The minimum atomic E-state index is -0.799. The van der Waals surface area contributed by atoms with Crippen molar-refractivity contribution < 1.29 is 23.9 Å². The number of hydrogen-bond acceptors (Lipinski definition) is 10. The number of nitrogens with zero attached hydrogens (tertiary/aromatic N) is 4. The van der Waals surface area contributed by atoms with E-state index in [1.165, 1.54) is 11.3 Å². The van der Waals surface area contributed by atoms with Crippen LogP contribution in [0, 0.1) is 0 Å². The number of benzene rings is 2. The van der Waals surface area contributed by atoms with E-state index < -0.39 is 18.2 Å². The summed E-state index contributed by atoms with van der Waals surface area (Å²) >= 11 is 9.12. The van der Waals surface area contributed by atoms with Crippen LogP contribution in [0.4, 0.5) is 9.59 Å². The molecule has 2 atom stereocenters. The molecule has 1 saturated heterocycles. The molecule has 0 aliphatic carbocycles. The summed E-state index contributed by atoms with van der Waals surface area (Å²) in [6.07, 6.45) is 2.59. The monoisotopic (exact) mass is 781 g/mol. The number of carbonyl (C=O) groups is 3. The molecule has 284 valence electrons. The fourth-order valence-corrected chi connectivity index (χ4v) is 7.24. The molecule has 4 amide bonds. The highest BCUT2D eigenvalue weighted by molar-refractivity contribution is 7.09. The minimum Gasteiger partial charge on any atom is -0.444 e. The lowest BCUT2D eigenvalue weighted by Gasteiger charge is -2.30. The molecule has 3 N–H and O–H groups in total. The van der Waals surface area contributed by atoms with Crippen LogP contribution in [-0.2, 0) is 40.4 Å². The predicted molar refractivity (Wildman–Crippen MR) is 208 cm³/mol. The second-order valence-corrected chi connectivity index (χ2v) is 15.5. The number of carbonyl (C=O) groups excluding carboxylic acids is 3. The second-order valence-electron chi connectivity index (χ2n) is 13.2. The number of morpholine rings is 1. The van der Waals surface area contributed by atoms with Crippen LogP contribution in [0.3, 0.4) is 0 Å². The molecule has 15 heteroatoms. The van der Waals surface area contributed by atoms with Crippen LogP contribution >= 0.6 is 34.3 Å². The Morgan fingerprint density at radius 2 is 1.77 bits per heavy atom. The molecule has 5 rings (SSSR count). The second kappa shape index (κ2) is 21.0. The van der Waals surface area contributed by atoms with Crippen LogP contribution in [0.15, 0.2) is 71.7 Å². The number of rotatable bonds is 18. The van der Waals surface area contributed by atoms with Crippen molar-refractivity contribution in [1.82, 2.24) is 35.7 Å². The van der Waals surface area contributed by atoms with Crippen LogP contribution < -0.4 is 16.0 Å². The molecule has 12 nitrogen and oxygen atoms in total. The van der Waals surface area contributed by atoms with E-state index in [1.54, 1.807) is 40.1 Å². The zero-order valence-electron chi connectivity index (χ0n) is 30.2. The van der Waals surface area contributed by atoms with Gasteiger partial charge in [0.05, 0.1) is 40.8 Å². The first-order valence-corrected chi connectivity index (χ1v) is 20.0. The number of amides is 4. The molecule has 1 aliphatic heterocycles. The number of halogens is 1. The Kier molecular flexibility index (Phi) is 15.9. The number of nitrogens with one attached hydrogen (secondary N) is 3. The Morgan fingerprint density at radius 3 is 2.47 bits per heavy atom. The molecule has 0 saturated carbocycles. The summed E-state index contributed by atoms with van der Waals surface area (Å²) in [6, 6.07) is 15.6. The Labute approximate surface area is 324 Å². The highest BCUT2D eigenvalue weighted by atomic mass is 35.5. The van der Waals surface area contributed by atoms with Crippen molar-refractivity contribution in [2.24, 2.45) is 0 Å². The van der Waals surface area contributed by atoms with Gasteiger partial charge in [-0.25, -0.2) is 14.6 Å². The van der Waals surface area contributed by atoms with Gasteiger partial charge in [0.15, 0.2) is 0 Å². The van der Waals surface area contributed by atoms with Gasteiger partial charge in [0.1, 0.15) is 12.6 Å². The Balaban J connectivity index is 1.28. The molecule has 1 fully saturated rings. The number of hydrogen-bond donors (Lipinski definition) is 3. The number of aromatic nitrogens is 2. The summed E-state index contributed by atoms with van der Waals surface area (Å²) in [7, 11) is 0. The molecule has 1 aliphatic rings. The molecule has 0 bridgehead atoms. The van der Waals surface area contributed by atoms with E-state index in [9.17, 15) is 14.4 Å². The molecular weight excluding hydrogens is 734 g/mol. The van der Waals surface area contributed by atoms with Crippen molar-refractivity contribution in [3.05, 3.63) is 103 Å². The summed E-state index contributed by atoms with van der Waals surface area (Å²) in [6.45, 7) is 8.56. The van der Waals surface area contributed by atoms with E-state index in [0.717, 1.165) is 39.8 Å². The first kappa shape index (κ1) is 40.1. The maximum atomic E-state index is 14.1. The normalized spacial score (nSPS) is 14.3. The molecule has 0 spiro atoms. The molecule has 3 heterocycles. The fourth-order valence-electron chi connectivity index (χ4n) is 5.77. The topological polar surface area (TPSA) is 138 Å². The first-order valence-electron chi connectivity index (χ1n) is 17.9. The molecule has 2 aromatic heterocycles. The molecular formula is C38H48ClN7O5S2. The zero-order chi connectivity index (χ0) is 37.4. The third-order valence-corrected chi connectivity index (χ3v) is 10.9. The Bertz CT molecular complexity index is 1700. The Hall–Kier alpha value is -4.08. The number of thiazole rings is 2. The van der Waals surface area contributed by atoms with Crippen molar-refractivity contribution in [2.45, 2.75) is 70.8 Å². The maximum Gasteiger partial charge on any atom is 0.410 e. The van der Waals surface area contributed by atoms with E-state index in [2.05, 4.69) is 44.7 Å². The maximum absolute atomic E-state index is 14.1. The lowest BCUT2D eigenvalue weighted by Crippen LogP contribution is -2.54. The predicted octanol–water partition coefficient (Wildman–Crippen LogP) is 6.22. The van der Waals surface area contributed by atoms with Gasteiger partial charge in [-0.05, 0) is 42.5 Å². The van der Waals surface area contributed by atoms with Crippen LogP contribution in [0.5, 0.6) is 0 Å². The van der Waals surface area contributed by atoms with E-state index >= 15 is 0 Å². The highest BCUT2D eigenvalue weighted by Crippen LogP contribution is 2.19. The molecule has 4 aromatic rings. The summed E-state index contributed by atoms with van der Waals surface area (Å²) in [5.74, 6) is 0.0146. The van der Waals surface area contributed by atoms with E-state index in [1.807, 2.05) is 47.8 Å². The van der Waals surface area contributed by atoms with Gasteiger partial charge in [-0.3, -0.25) is 14.7 Å². The van der Waals surface area contributed by atoms with Crippen LogP contribution in [0.1, 0.15) is 59.3 Å². The van der Waals surface area contributed by atoms with Gasteiger partial charge in [-0.15, -0.1) is 22.7 Å². The molecule has 53 heavy (non-hydrogen) atoms. The average molecular weight is 782 g/mol. The van der Waals surface area contributed by atoms with E-state index in [-0.39, 0.29) is 25.1 Å². The quantitative estimate of drug-likeness (QED) is 0.108. The summed E-state index contributed by atoms with van der Waals surface area (Å²) < 4.78 is 11.2. The smallest absolute Gasteiger partial charge is 0.410 e. The van der Waals surface area contributed by atoms with Crippen molar-refractivity contribution >= 4 is 52.3 Å². The first-order chi connectivity index (χ1) is 25.7. The average Bonchev–Trinajstić information content (AvgIpc) is 3.88. The van der Waals surface area contributed by atoms with E-state index in [4.69, 9.17) is 21.1 Å². The molecule has 2 aromatic carbocycles. The zero-order valence-corrected chi connectivity index (χ0v) is 32.6. The fraction of sp³-hybridized carbons (Fsp3) is 0.447. The largest absolute Gasteiger partial charge is 0.444 e. The van der Waals surface area contributed by atoms with Crippen molar-refractivity contribution in [2.75, 3.05) is 39.4 Å². The van der Waals surface area contributed by atoms with Crippen LogP contribution in [0.25, 0.3) is 0 Å². The van der Waals surface area contributed by atoms with Gasteiger partial charge >= 0.3 is 12.1 Å². The summed E-state index contributed by atoms with van der Waals surface area (Å²) in [4.78, 5) is 54.2. The van der Waals surface area contributed by atoms with Crippen LogP contribution in [0.2, 0.25) is 5.02 Å². The third kappa shape index (κ3) is 13.7. The SMILES string of the molecule is CC(C)c1nc(CNC(=O)NC(CCN2CCOCC2)C(=O)NC(CCN(Cc2ccc(Cl)cc2)C(=O)OCc2cncs2)Cc2ccccc2)cs1. The standard InChI is InChI=1S/C38H48ClN7O5S2/c1-27(2)36-43-32(25-52-36)21-41-37(48)44-34(13-14-45-16-18-50-19-17-45)35(47)42-31(20-28-6-4-3-5-7-28)12-15-46(23-29-8-10-30(39)11-9-29)38(49)51-24-33-22-40-26-53-33/h3-11,22,25-27,31,34H,12-21,23-24H2,1-2H3,(H,42,47)(H2,41,44,48). The number of urea groups is 1. The van der Waals surface area contributed by atoms with Gasteiger partial charge < -0.3 is 30.3 Å². The summed E-state index contributed by atoms with van der Waals surface area (Å²) in [5, 5.41) is 12.6. The lowest BCUT2D eigenvalue weighted by molar-refractivity contribution is -0.124. The van der Waals surface area contributed by atoms with Gasteiger partial charge in [0.2, 0.25) is 5.91 Å². The third-order valence-electron chi connectivity index (χ3n) is 8.74. The van der Waals surface area contributed by atoms with Gasteiger partial charge in [0, 0.05) is 61.3 Å². The van der Waals surface area contributed by atoms with E-state index in [0.29, 0.717) is 63.1 Å². The molecule has 2 unspecified atom stereocenters. The number of ether oxygens (including phenoxy) is 2. The Morgan fingerprint density at radius 1 is 1.00 bits per heavy atom. The van der Waals surface area contributed by atoms with Gasteiger partial charge in [0.25, 0.3) is 0 Å². The van der Waals surface area contributed by atoms with Crippen molar-refractivity contribution in [1.29, 1.82) is 0 Å². The lowest BCUT2D eigenvalue weighted by atomic mass is 10.0. The summed E-state index contributed by atoms with van der Waals surface area (Å²) in [5.41, 5.74) is 4.40. The van der Waals surface area contributed by atoms with Crippen LogP contribution in [-0.4, -0.2) is 89.3 Å². The molecule has 0 radical (unpaired) electrons. The highest BCUT2D eigenvalue weighted by Gasteiger charge is 2.26.